The first-order valence-electron chi connectivity index (χ1n) is 4.66. The minimum absolute atomic E-state index is 0.336. The molecule has 2 aromatic rings. The van der Waals surface area contributed by atoms with Crippen LogP contribution in [-0.2, 0) is 0 Å². The Labute approximate surface area is 91.8 Å². The van der Waals surface area contributed by atoms with E-state index < -0.39 is 6.10 Å². The lowest BCUT2D eigenvalue weighted by Gasteiger charge is -2.10. The summed E-state index contributed by atoms with van der Waals surface area (Å²) in [6.07, 6.45) is -0.856. The van der Waals surface area contributed by atoms with Gasteiger partial charge in [0.1, 0.15) is 11.9 Å². The Kier molecular flexibility index (Phi) is 2.84. The highest BCUT2D eigenvalue weighted by Crippen LogP contribution is 2.27. The van der Waals surface area contributed by atoms with Gasteiger partial charge in [0.2, 0.25) is 0 Å². The summed E-state index contributed by atoms with van der Waals surface area (Å²) in [5.74, 6) is -0.351. The number of hydrogen-bond acceptors (Lipinski definition) is 2. The number of benzene rings is 1. The third-order valence-electron chi connectivity index (χ3n) is 2.26. The van der Waals surface area contributed by atoms with Gasteiger partial charge in [0.15, 0.2) is 0 Å². The molecular weight excluding hydrogens is 211 g/mol. The first-order valence-corrected chi connectivity index (χ1v) is 5.54. The second-order valence-electron chi connectivity index (χ2n) is 3.44. The Bertz CT molecular complexity index is 451. The number of aliphatic hydroxyl groups excluding tert-OH is 1. The fraction of sp³-hybridized carbons (Fsp3) is 0.167. The Hall–Kier alpha value is -1.19. The van der Waals surface area contributed by atoms with Gasteiger partial charge in [-0.05, 0) is 30.0 Å². The van der Waals surface area contributed by atoms with Gasteiger partial charge in [-0.1, -0.05) is 18.2 Å². The van der Waals surface area contributed by atoms with Gasteiger partial charge >= 0.3 is 0 Å². The molecule has 3 heteroatoms. The third-order valence-corrected chi connectivity index (χ3v) is 3.19. The highest BCUT2D eigenvalue weighted by atomic mass is 32.1. The maximum Gasteiger partial charge on any atom is 0.129 e. The van der Waals surface area contributed by atoms with Crippen molar-refractivity contribution >= 4 is 11.3 Å². The summed E-state index contributed by atoms with van der Waals surface area (Å²) in [6.45, 7) is 1.82. The molecule has 15 heavy (non-hydrogen) atoms. The lowest BCUT2D eigenvalue weighted by atomic mass is 10.1. The molecule has 1 unspecified atom stereocenters. The number of hydrogen-bond donors (Lipinski definition) is 1. The van der Waals surface area contributed by atoms with E-state index in [4.69, 9.17) is 0 Å². The summed E-state index contributed by atoms with van der Waals surface area (Å²) in [4.78, 5) is 0.762. The van der Waals surface area contributed by atoms with Gasteiger partial charge in [-0.3, -0.25) is 0 Å². The molecule has 1 heterocycles. The Morgan fingerprint density at radius 3 is 2.73 bits per heavy atom. The lowest BCUT2D eigenvalue weighted by molar-refractivity contribution is 0.218. The summed E-state index contributed by atoms with van der Waals surface area (Å²) >= 11 is 1.42. The quantitative estimate of drug-likeness (QED) is 0.826. The summed E-state index contributed by atoms with van der Waals surface area (Å²) < 4.78 is 13.5. The second-order valence-corrected chi connectivity index (χ2v) is 4.42. The molecule has 0 fully saturated rings. The van der Waals surface area contributed by atoms with Crippen LogP contribution in [0.25, 0.3) is 0 Å². The molecule has 1 N–H and O–H groups in total. The van der Waals surface area contributed by atoms with Crippen LogP contribution in [0.1, 0.15) is 22.1 Å². The highest BCUT2D eigenvalue weighted by Gasteiger charge is 2.15. The fourth-order valence-electron chi connectivity index (χ4n) is 1.45. The minimum atomic E-state index is -0.856. The second kappa shape index (κ2) is 4.13. The van der Waals surface area contributed by atoms with Crippen molar-refractivity contribution in [2.75, 3.05) is 0 Å². The molecule has 0 amide bonds. The zero-order valence-electron chi connectivity index (χ0n) is 8.27. The molecular formula is C12H11FOS. The molecule has 1 nitrogen and oxygen atoms in total. The van der Waals surface area contributed by atoms with Crippen molar-refractivity contribution in [1.29, 1.82) is 0 Å². The van der Waals surface area contributed by atoms with Gasteiger partial charge in [-0.2, -0.15) is 0 Å². The molecule has 0 saturated carbocycles. The Morgan fingerprint density at radius 2 is 2.13 bits per heavy atom. The molecule has 1 atom stereocenters. The smallest absolute Gasteiger partial charge is 0.129 e. The summed E-state index contributed by atoms with van der Waals surface area (Å²) in [5.41, 5.74) is 1.19. The monoisotopic (exact) mass is 222 g/mol. The van der Waals surface area contributed by atoms with E-state index in [1.165, 1.54) is 17.4 Å². The van der Waals surface area contributed by atoms with Crippen LogP contribution in [0.2, 0.25) is 0 Å². The zero-order chi connectivity index (χ0) is 10.8. The van der Waals surface area contributed by atoms with Crippen molar-refractivity contribution in [2.45, 2.75) is 13.0 Å². The average Bonchev–Trinajstić information content (AvgIpc) is 2.69. The number of aliphatic hydroxyl groups is 1. The number of halogens is 1. The van der Waals surface area contributed by atoms with Crippen LogP contribution in [0.4, 0.5) is 4.39 Å². The van der Waals surface area contributed by atoms with Crippen LogP contribution < -0.4 is 0 Å². The van der Waals surface area contributed by atoms with E-state index in [9.17, 15) is 9.50 Å². The largest absolute Gasteiger partial charge is 0.383 e. The third kappa shape index (κ3) is 2.08. The van der Waals surface area contributed by atoms with Crippen LogP contribution in [0.3, 0.4) is 0 Å². The van der Waals surface area contributed by atoms with Crippen LogP contribution >= 0.6 is 11.3 Å². The first-order chi connectivity index (χ1) is 7.18. The van der Waals surface area contributed by atoms with Crippen LogP contribution in [0.15, 0.2) is 35.7 Å². The molecule has 1 aromatic carbocycles. The lowest BCUT2D eigenvalue weighted by Crippen LogP contribution is -2.00. The molecule has 2 rings (SSSR count). The van der Waals surface area contributed by atoms with Crippen molar-refractivity contribution in [2.24, 2.45) is 0 Å². The average molecular weight is 222 g/mol. The predicted octanol–water partition coefficient (Wildman–Crippen LogP) is 3.28. The van der Waals surface area contributed by atoms with E-state index in [0.717, 1.165) is 10.4 Å². The maximum absolute atomic E-state index is 13.5. The fourth-order valence-corrected chi connectivity index (χ4v) is 2.18. The first kappa shape index (κ1) is 10.3. The zero-order valence-corrected chi connectivity index (χ0v) is 9.09. The topological polar surface area (TPSA) is 20.2 Å². The number of aryl methyl sites for hydroxylation is 1. The van der Waals surface area contributed by atoms with Crippen molar-refractivity contribution in [1.82, 2.24) is 0 Å². The normalized spacial score (nSPS) is 12.7. The van der Waals surface area contributed by atoms with Crippen LogP contribution in [0.5, 0.6) is 0 Å². The van der Waals surface area contributed by atoms with Gasteiger partial charge in [0.05, 0.1) is 0 Å². The van der Waals surface area contributed by atoms with E-state index in [2.05, 4.69) is 0 Å². The molecule has 0 bridgehead atoms. The van der Waals surface area contributed by atoms with Crippen molar-refractivity contribution in [3.8, 4) is 0 Å². The summed E-state index contributed by atoms with van der Waals surface area (Å²) in [6, 6.07) is 8.51. The highest BCUT2D eigenvalue weighted by molar-refractivity contribution is 7.10. The molecule has 0 aliphatic heterocycles. The van der Waals surface area contributed by atoms with Gasteiger partial charge in [-0.15, -0.1) is 11.3 Å². The summed E-state index contributed by atoms with van der Waals surface area (Å²) in [7, 11) is 0. The Balaban J connectivity index is 2.38. The van der Waals surface area contributed by atoms with Gasteiger partial charge in [-0.25, -0.2) is 4.39 Å². The molecule has 78 valence electrons. The van der Waals surface area contributed by atoms with Crippen LogP contribution in [-0.4, -0.2) is 5.11 Å². The van der Waals surface area contributed by atoms with E-state index >= 15 is 0 Å². The molecule has 0 radical (unpaired) electrons. The molecule has 1 aromatic heterocycles. The Morgan fingerprint density at radius 1 is 1.33 bits per heavy atom. The maximum atomic E-state index is 13.5. The minimum Gasteiger partial charge on any atom is -0.383 e. The number of rotatable bonds is 2. The van der Waals surface area contributed by atoms with E-state index in [1.807, 2.05) is 18.4 Å². The summed E-state index contributed by atoms with van der Waals surface area (Å²) in [5, 5.41) is 11.8. The predicted molar refractivity (Wildman–Crippen MR) is 59.5 cm³/mol. The molecule has 0 aliphatic rings. The van der Waals surface area contributed by atoms with Crippen molar-refractivity contribution in [3.05, 3.63) is 57.5 Å². The van der Waals surface area contributed by atoms with E-state index in [1.54, 1.807) is 18.2 Å². The van der Waals surface area contributed by atoms with Gasteiger partial charge < -0.3 is 5.11 Å². The van der Waals surface area contributed by atoms with Crippen molar-refractivity contribution < 1.29 is 9.50 Å². The van der Waals surface area contributed by atoms with Gasteiger partial charge in [0, 0.05) is 10.4 Å². The van der Waals surface area contributed by atoms with E-state index in [0.29, 0.717) is 5.56 Å². The van der Waals surface area contributed by atoms with Crippen LogP contribution in [0, 0.1) is 12.7 Å². The molecule has 0 saturated heterocycles. The van der Waals surface area contributed by atoms with E-state index in [-0.39, 0.29) is 5.82 Å². The SMILES string of the molecule is Cc1ccc(C(O)c2cccs2)c(F)c1. The van der Waals surface area contributed by atoms with Crippen molar-refractivity contribution in [3.63, 3.8) is 0 Å². The van der Waals surface area contributed by atoms with Gasteiger partial charge in [0.25, 0.3) is 0 Å². The standard InChI is InChI=1S/C12H11FOS/c1-8-4-5-9(10(13)7-8)12(14)11-3-2-6-15-11/h2-7,12,14H,1H3. The molecule has 0 aliphatic carbocycles. The molecule has 0 spiro atoms. The number of thiophene rings is 1.